The van der Waals surface area contributed by atoms with Crippen molar-refractivity contribution in [3.63, 3.8) is 0 Å². The smallest absolute Gasteiger partial charge is 0.205 e. The normalized spacial score (nSPS) is 11.2. The fourth-order valence-electron chi connectivity index (χ4n) is 4.40. The first-order valence-corrected chi connectivity index (χ1v) is 12.4. The topological polar surface area (TPSA) is 92.5 Å². The maximum absolute atomic E-state index is 10.3. The minimum Gasteiger partial charge on any atom is -0.508 e. The van der Waals surface area contributed by atoms with Gasteiger partial charge in [0, 0.05) is 24.9 Å². The highest BCUT2D eigenvalue weighted by Gasteiger charge is 2.18. The summed E-state index contributed by atoms with van der Waals surface area (Å²) < 4.78 is 2.20. The Labute approximate surface area is 214 Å². The van der Waals surface area contributed by atoms with E-state index in [9.17, 15) is 5.11 Å². The average Bonchev–Trinajstić information content (AvgIpc) is 3.54. The number of para-hydroxylation sites is 1. The Morgan fingerprint density at radius 3 is 2.42 bits per heavy atom. The van der Waals surface area contributed by atoms with Crippen LogP contribution >= 0.6 is 11.6 Å². The average molecular weight is 499 g/mol. The Hall–Kier alpha value is -3.97. The number of hydrogen-bond donors (Lipinski definition) is 2. The Bertz CT molecular complexity index is 1440. The zero-order valence-electron chi connectivity index (χ0n) is 20.0. The van der Waals surface area contributed by atoms with E-state index in [1.54, 1.807) is 6.07 Å². The van der Waals surface area contributed by atoms with Gasteiger partial charge < -0.3 is 9.67 Å². The van der Waals surface area contributed by atoms with Gasteiger partial charge in [0.15, 0.2) is 5.15 Å². The van der Waals surface area contributed by atoms with Crippen LogP contribution in [0.15, 0.2) is 72.8 Å². The van der Waals surface area contributed by atoms with E-state index in [-0.39, 0.29) is 5.75 Å². The zero-order chi connectivity index (χ0) is 24.9. The van der Waals surface area contributed by atoms with Gasteiger partial charge in [-0.2, -0.15) is 5.21 Å². The van der Waals surface area contributed by atoms with Crippen LogP contribution in [0, 0.1) is 0 Å². The molecule has 0 bridgehead atoms. The number of aromatic nitrogens is 6. The summed E-state index contributed by atoms with van der Waals surface area (Å²) in [5.41, 5.74) is 5.92. The molecule has 0 fully saturated rings. The molecule has 0 aliphatic heterocycles. The van der Waals surface area contributed by atoms with Crippen molar-refractivity contribution < 1.29 is 5.11 Å². The zero-order valence-corrected chi connectivity index (χ0v) is 20.8. The molecule has 0 spiro atoms. The van der Waals surface area contributed by atoms with Crippen molar-refractivity contribution in [3.05, 3.63) is 101 Å². The van der Waals surface area contributed by atoms with Crippen LogP contribution in [0.2, 0.25) is 5.15 Å². The number of aryl methyl sites for hydroxylation is 1. The van der Waals surface area contributed by atoms with Crippen LogP contribution in [0.5, 0.6) is 5.75 Å². The number of phenolic OH excluding ortho intramolecular Hbond substituents is 1. The maximum Gasteiger partial charge on any atom is 0.205 e. The summed E-state index contributed by atoms with van der Waals surface area (Å²) in [6, 6.07) is 23.9. The quantitative estimate of drug-likeness (QED) is 0.257. The van der Waals surface area contributed by atoms with Crippen LogP contribution < -0.4 is 0 Å². The monoisotopic (exact) mass is 498 g/mol. The predicted octanol–water partition coefficient (Wildman–Crippen LogP) is 6.07. The summed E-state index contributed by atoms with van der Waals surface area (Å²) in [4.78, 5) is 4.70. The molecular formula is C28H27ClN6O. The standard InChI is InChI=1S/C28H27ClN6O/c1-2-3-12-26-30-27(29)24(17-21-8-4-7-11-25(21)36)35(26)18-19-13-15-20(16-14-19)22-9-5-6-10-23(22)28-31-33-34-32-28/h4-11,13-16,36H,2-3,12,17-18H2,1H3,(H,31,32,33,34). The van der Waals surface area contributed by atoms with Crippen LogP contribution in [-0.2, 0) is 19.4 Å². The summed E-state index contributed by atoms with van der Waals surface area (Å²) >= 11 is 6.64. The molecule has 0 atom stereocenters. The van der Waals surface area contributed by atoms with E-state index in [1.165, 1.54) is 0 Å². The summed E-state index contributed by atoms with van der Waals surface area (Å²) in [6.45, 7) is 2.82. The van der Waals surface area contributed by atoms with E-state index >= 15 is 0 Å². The highest BCUT2D eigenvalue weighted by Crippen LogP contribution is 2.31. The number of nitrogens with one attached hydrogen (secondary N) is 1. The number of aromatic amines is 1. The SMILES string of the molecule is CCCCc1nc(Cl)c(Cc2ccccc2O)n1Cc1ccc(-c2ccccc2-c2nn[nH]n2)cc1. The fourth-order valence-corrected chi connectivity index (χ4v) is 4.67. The van der Waals surface area contributed by atoms with E-state index in [0.29, 0.717) is 23.9 Å². The molecule has 0 unspecified atom stereocenters. The molecule has 0 aliphatic carbocycles. The van der Waals surface area contributed by atoms with E-state index in [2.05, 4.69) is 62.4 Å². The lowest BCUT2D eigenvalue weighted by Gasteiger charge is -2.14. The van der Waals surface area contributed by atoms with Crippen molar-refractivity contribution >= 4 is 11.6 Å². The molecule has 0 radical (unpaired) electrons. The van der Waals surface area contributed by atoms with Gasteiger partial charge >= 0.3 is 0 Å². The number of tetrazole rings is 1. The number of H-pyrrole nitrogens is 1. The molecule has 0 saturated heterocycles. The van der Waals surface area contributed by atoms with Gasteiger partial charge in [-0.1, -0.05) is 91.7 Å². The molecule has 2 aromatic heterocycles. The second-order valence-electron chi connectivity index (χ2n) is 8.74. The molecule has 0 aliphatic rings. The van der Waals surface area contributed by atoms with Gasteiger partial charge in [0.2, 0.25) is 5.82 Å². The molecule has 3 aromatic carbocycles. The van der Waals surface area contributed by atoms with Crippen LogP contribution in [0.3, 0.4) is 0 Å². The Kier molecular flexibility index (Phi) is 7.09. The van der Waals surface area contributed by atoms with Gasteiger partial charge in [-0.05, 0) is 40.0 Å². The summed E-state index contributed by atoms with van der Waals surface area (Å²) in [5.74, 6) is 1.80. The van der Waals surface area contributed by atoms with E-state index < -0.39 is 0 Å². The number of phenols is 1. The molecular weight excluding hydrogens is 472 g/mol. The van der Waals surface area contributed by atoms with Crippen LogP contribution in [0.4, 0.5) is 0 Å². The Morgan fingerprint density at radius 2 is 1.69 bits per heavy atom. The maximum atomic E-state index is 10.3. The number of aromatic hydroxyl groups is 1. The number of unbranched alkanes of at least 4 members (excludes halogenated alkanes) is 1. The van der Waals surface area contributed by atoms with Gasteiger partial charge in [-0.3, -0.25) is 0 Å². The molecule has 0 amide bonds. The van der Waals surface area contributed by atoms with E-state index in [4.69, 9.17) is 16.6 Å². The fraction of sp³-hybridized carbons (Fsp3) is 0.214. The summed E-state index contributed by atoms with van der Waals surface area (Å²) in [5, 5.41) is 25.3. The first-order valence-electron chi connectivity index (χ1n) is 12.1. The first-order chi connectivity index (χ1) is 17.6. The predicted molar refractivity (Wildman–Crippen MR) is 141 cm³/mol. The van der Waals surface area contributed by atoms with Crippen LogP contribution in [0.25, 0.3) is 22.5 Å². The number of rotatable bonds is 9. The first kappa shape index (κ1) is 23.8. The number of imidazole rings is 1. The Balaban J connectivity index is 1.46. The van der Waals surface area contributed by atoms with Crippen molar-refractivity contribution in [3.8, 4) is 28.3 Å². The van der Waals surface area contributed by atoms with Gasteiger partial charge in [0.05, 0.1) is 5.69 Å². The third-order valence-electron chi connectivity index (χ3n) is 6.33. The molecule has 182 valence electrons. The molecule has 7 nitrogen and oxygen atoms in total. The number of benzene rings is 3. The minimum absolute atomic E-state index is 0.265. The lowest BCUT2D eigenvalue weighted by Crippen LogP contribution is -2.10. The van der Waals surface area contributed by atoms with Crippen LogP contribution in [0.1, 0.15) is 42.4 Å². The van der Waals surface area contributed by atoms with Gasteiger partial charge in [-0.25, -0.2) is 4.98 Å². The van der Waals surface area contributed by atoms with Crippen molar-refractivity contribution in [2.45, 2.75) is 39.2 Å². The summed E-state index contributed by atoms with van der Waals surface area (Å²) in [7, 11) is 0. The van der Waals surface area contributed by atoms with Crippen molar-refractivity contribution in [2.75, 3.05) is 0 Å². The lowest BCUT2D eigenvalue weighted by atomic mass is 9.98. The van der Waals surface area contributed by atoms with Gasteiger partial charge in [-0.15, -0.1) is 10.2 Å². The second kappa shape index (κ2) is 10.7. The second-order valence-corrected chi connectivity index (χ2v) is 9.10. The molecule has 2 N–H and O–H groups in total. The molecule has 0 saturated carbocycles. The number of nitrogens with zero attached hydrogens (tertiary/aromatic N) is 5. The minimum atomic E-state index is 0.265. The number of halogens is 1. The van der Waals surface area contributed by atoms with Crippen LogP contribution in [-0.4, -0.2) is 35.3 Å². The Morgan fingerprint density at radius 1 is 0.944 bits per heavy atom. The third kappa shape index (κ3) is 5.02. The highest BCUT2D eigenvalue weighted by atomic mass is 35.5. The molecule has 5 rings (SSSR count). The lowest BCUT2D eigenvalue weighted by molar-refractivity contribution is 0.469. The van der Waals surface area contributed by atoms with E-state index in [1.807, 2.05) is 36.4 Å². The van der Waals surface area contributed by atoms with Crippen molar-refractivity contribution in [1.29, 1.82) is 0 Å². The van der Waals surface area contributed by atoms with Gasteiger partial charge in [0.1, 0.15) is 11.6 Å². The van der Waals surface area contributed by atoms with Gasteiger partial charge in [0.25, 0.3) is 0 Å². The molecule has 8 heteroatoms. The highest BCUT2D eigenvalue weighted by molar-refractivity contribution is 6.30. The molecule has 2 heterocycles. The summed E-state index contributed by atoms with van der Waals surface area (Å²) in [6.07, 6.45) is 3.48. The van der Waals surface area contributed by atoms with E-state index in [0.717, 1.165) is 58.6 Å². The largest absolute Gasteiger partial charge is 0.508 e. The van der Waals surface area contributed by atoms with Crippen molar-refractivity contribution in [2.24, 2.45) is 0 Å². The third-order valence-corrected chi connectivity index (χ3v) is 6.63. The molecule has 5 aromatic rings. The van der Waals surface area contributed by atoms with Crippen molar-refractivity contribution in [1.82, 2.24) is 30.2 Å². The number of hydrogen-bond acceptors (Lipinski definition) is 5. The molecule has 36 heavy (non-hydrogen) atoms.